The number of hydrogen-bond acceptors (Lipinski definition) is 2. The van der Waals surface area contributed by atoms with Gasteiger partial charge in [0.05, 0.1) is 13.2 Å². The Balaban J connectivity index is 2.09. The molecule has 2 nitrogen and oxygen atoms in total. The SMILES string of the molecule is CC(=CCl)CNCC1(C)COC1. The molecule has 1 fully saturated rings. The smallest absolute Gasteiger partial charge is 0.0554 e. The van der Waals surface area contributed by atoms with Crippen molar-refractivity contribution in [3.05, 3.63) is 11.1 Å². The zero-order valence-corrected chi connectivity index (χ0v) is 8.45. The van der Waals surface area contributed by atoms with Crippen molar-refractivity contribution in [3.8, 4) is 0 Å². The van der Waals surface area contributed by atoms with Crippen LogP contribution in [-0.2, 0) is 4.74 Å². The number of nitrogens with one attached hydrogen (secondary N) is 1. The number of hydrogen-bond donors (Lipinski definition) is 1. The van der Waals surface area contributed by atoms with E-state index >= 15 is 0 Å². The maximum atomic E-state index is 5.52. The summed E-state index contributed by atoms with van der Waals surface area (Å²) in [5.41, 5.74) is 3.14. The molecule has 1 rings (SSSR count). The van der Waals surface area contributed by atoms with Gasteiger partial charge in [0, 0.05) is 24.0 Å². The molecule has 0 radical (unpaired) electrons. The lowest BCUT2D eigenvalue weighted by atomic mass is 9.89. The van der Waals surface area contributed by atoms with E-state index in [2.05, 4.69) is 12.2 Å². The van der Waals surface area contributed by atoms with Crippen molar-refractivity contribution >= 4 is 11.6 Å². The van der Waals surface area contributed by atoms with E-state index in [1.54, 1.807) is 5.54 Å². The van der Waals surface area contributed by atoms with Crippen LogP contribution in [0.5, 0.6) is 0 Å². The fourth-order valence-electron chi connectivity index (χ4n) is 1.15. The van der Waals surface area contributed by atoms with Crippen LogP contribution in [0.15, 0.2) is 11.1 Å². The van der Waals surface area contributed by atoms with E-state index in [1.165, 1.54) is 5.57 Å². The van der Waals surface area contributed by atoms with E-state index in [0.29, 0.717) is 5.41 Å². The normalized spacial score (nSPS) is 22.1. The molecule has 0 amide bonds. The van der Waals surface area contributed by atoms with Gasteiger partial charge in [0.1, 0.15) is 0 Å². The second-order valence-electron chi connectivity index (χ2n) is 3.86. The Hall–Kier alpha value is -0.0500. The molecule has 3 heteroatoms. The molecule has 0 bridgehead atoms. The molecule has 1 aliphatic rings. The molecule has 1 heterocycles. The molecule has 0 unspecified atom stereocenters. The Morgan fingerprint density at radius 3 is 2.75 bits per heavy atom. The highest BCUT2D eigenvalue weighted by atomic mass is 35.5. The minimum absolute atomic E-state index is 0.354. The van der Waals surface area contributed by atoms with Crippen molar-refractivity contribution in [2.24, 2.45) is 5.41 Å². The van der Waals surface area contributed by atoms with Crippen molar-refractivity contribution in [1.82, 2.24) is 5.32 Å². The zero-order chi connectivity index (χ0) is 9.03. The zero-order valence-electron chi connectivity index (χ0n) is 7.69. The summed E-state index contributed by atoms with van der Waals surface area (Å²) in [4.78, 5) is 0. The van der Waals surface area contributed by atoms with Gasteiger partial charge in [-0.05, 0) is 12.5 Å². The Morgan fingerprint density at radius 1 is 1.67 bits per heavy atom. The van der Waals surface area contributed by atoms with Gasteiger partial charge in [-0.2, -0.15) is 0 Å². The molecule has 1 N–H and O–H groups in total. The van der Waals surface area contributed by atoms with Crippen molar-refractivity contribution < 1.29 is 4.74 Å². The van der Waals surface area contributed by atoms with E-state index in [9.17, 15) is 0 Å². The third kappa shape index (κ3) is 2.77. The lowest BCUT2D eigenvalue weighted by Crippen LogP contribution is -2.47. The largest absolute Gasteiger partial charge is 0.380 e. The molecule has 0 aliphatic carbocycles. The van der Waals surface area contributed by atoms with Gasteiger partial charge in [-0.25, -0.2) is 0 Å². The molecule has 0 spiro atoms. The Kier molecular flexibility index (Phi) is 3.56. The summed E-state index contributed by atoms with van der Waals surface area (Å²) in [6, 6.07) is 0. The standard InChI is InChI=1S/C9H16ClNO/c1-8(3-10)4-11-5-9(2)6-12-7-9/h3,11H,4-7H2,1-2H3. The number of halogens is 1. The summed E-state index contributed by atoms with van der Waals surface area (Å²) < 4.78 is 5.14. The van der Waals surface area contributed by atoms with Crippen LogP contribution in [0.1, 0.15) is 13.8 Å². The van der Waals surface area contributed by atoms with Gasteiger partial charge in [-0.15, -0.1) is 0 Å². The Labute approximate surface area is 78.9 Å². The Bertz CT molecular complexity index is 175. The molecular formula is C9H16ClNO. The van der Waals surface area contributed by atoms with E-state index in [-0.39, 0.29) is 0 Å². The third-order valence-corrected chi connectivity index (χ3v) is 2.42. The van der Waals surface area contributed by atoms with E-state index in [4.69, 9.17) is 16.3 Å². The third-order valence-electron chi connectivity index (χ3n) is 2.04. The topological polar surface area (TPSA) is 21.3 Å². The molecule has 0 atom stereocenters. The van der Waals surface area contributed by atoms with Crippen LogP contribution in [-0.4, -0.2) is 26.3 Å². The lowest BCUT2D eigenvalue weighted by molar-refractivity contribution is -0.0986. The first-order valence-corrected chi connectivity index (χ1v) is 4.64. The predicted molar refractivity (Wildman–Crippen MR) is 51.4 cm³/mol. The first-order chi connectivity index (χ1) is 5.66. The van der Waals surface area contributed by atoms with Gasteiger partial charge < -0.3 is 10.1 Å². The summed E-state index contributed by atoms with van der Waals surface area (Å²) in [5, 5.41) is 3.35. The van der Waals surface area contributed by atoms with Crippen LogP contribution in [0.2, 0.25) is 0 Å². The van der Waals surface area contributed by atoms with Crippen molar-refractivity contribution in [1.29, 1.82) is 0 Å². The summed E-state index contributed by atoms with van der Waals surface area (Å²) in [6.45, 7) is 7.88. The van der Waals surface area contributed by atoms with Gasteiger partial charge in [-0.1, -0.05) is 18.5 Å². The quantitative estimate of drug-likeness (QED) is 0.728. The van der Waals surface area contributed by atoms with Gasteiger partial charge in [0.25, 0.3) is 0 Å². The Morgan fingerprint density at radius 2 is 2.33 bits per heavy atom. The summed E-state index contributed by atoms with van der Waals surface area (Å²) >= 11 is 5.52. The van der Waals surface area contributed by atoms with Gasteiger partial charge in [-0.3, -0.25) is 0 Å². The molecular weight excluding hydrogens is 174 g/mol. The maximum absolute atomic E-state index is 5.52. The summed E-state index contributed by atoms with van der Waals surface area (Å²) in [5.74, 6) is 0. The molecule has 70 valence electrons. The van der Waals surface area contributed by atoms with Crippen molar-refractivity contribution in [2.75, 3.05) is 26.3 Å². The lowest BCUT2D eigenvalue weighted by Gasteiger charge is -2.38. The molecule has 1 saturated heterocycles. The molecule has 0 aromatic rings. The van der Waals surface area contributed by atoms with E-state index < -0.39 is 0 Å². The van der Waals surface area contributed by atoms with Crippen LogP contribution in [0.3, 0.4) is 0 Å². The molecule has 0 aromatic heterocycles. The minimum Gasteiger partial charge on any atom is -0.380 e. The summed E-state index contributed by atoms with van der Waals surface area (Å²) in [7, 11) is 0. The van der Waals surface area contributed by atoms with Crippen LogP contribution >= 0.6 is 11.6 Å². The van der Waals surface area contributed by atoms with Crippen LogP contribution in [0.25, 0.3) is 0 Å². The first kappa shape index (κ1) is 10.0. The second-order valence-corrected chi connectivity index (χ2v) is 4.08. The summed E-state index contributed by atoms with van der Waals surface area (Å²) in [6.07, 6.45) is 0. The fraction of sp³-hybridized carbons (Fsp3) is 0.778. The molecule has 0 aromatic carbocycles. The van der Waals surface area contributed by atoms with E-state index in [0.717, 1.165) is 26.3 Å². The fourth-order valence-corrected chi connectivity index (χ4v) is 1.23. The average molecular weight is 190 g/mol. The minimum atomic E-state index is 0.354. The van der Waals surface area contributed by atoms with E-state index in [1.807, 2.05) is 6.92 Å². The van der Waals surface area contributed by atoms with Crippen LogP contribution < -0.4 is 5.32 Å². The first-order valence-electron chi connectivity index (χ1n) is 4.21. The van der Waals surface area contributed by atoms with Crippen LogP contribution in [0.4, 0.5) is 0 Å². The monoisotopic (exact) mass is 189 g/mol. The highest BCUT2D eigenvalue weighted by Crippen LogP contribution is 2.24. The van der Waals surface area contributed by atoms with Crippen molar-refractivity contribution in [2.45, 2.75) is 13.8 Å². The van der Waals surface area contributed by atoms with Gasteiger partial charge >= 0.3 is 0 Å². The van der Waals surface area contributed by atoms with Gasteiger partial charge in [0.2, 0.25) is 0 Å². The predicted octanol–water partition coefficient (Wildman–Crippen LogP) is 1.76. The van der Waals surface area contributed by atoms with Crippen molar-refractivity contribution in [3.63, 3.8) is 0 Å². The van der Waals surface area contributed by atoms with Gasteiger partial charge in [0.15, 0.2) is 0 Å². The number of rotatable bonds is 4. The average Bonchev–Trinajstić information content (AvgIpc) is 2.01. The highest BCUT2D eigenvalue weighted by molar-refractivity contribution is 6.25. The molecule has 1 aliphatic heterocycles. The number of ether oxygens (including phenoxy) is 1. The van der Waals surface area contributed by atoms with Crippen LogP contribution in [0, 0.1) is 5.41 Å². The molecule has 0 saturated carbocycles. The second kappa shape index (κ2) is 4.26. The highest BCUT2D eigenvalue weighted by Gasteiger charge is 2.32. The maximum Gasteiger partial charge on any atom is 0.0554 e. The molecule has 12 heavy (non-hydrogen) atoms.